The van der Waals surface area contributed by atoms with Gasteiger partial charge in [0.25, 0.3) is 0 Å². The van der Waals surface area contributed by atoms with Crippen molar-refractivity contribution in [2.24, 2.45) is 0 Å². The summed E-state index contributed by atoms with van der Waals surface area (Å²) in [6, 6.07) is 8.47. The Morgan fingerprint density at radius 1 is 0.958 bits per heavy atom. The van der Waals surface area contributed by atoms with Crippen LogP contribution in [0, 0.1) is 0 Å². The highest BCUT2D eigenvalue weighted by Gasteiger charge is 2.22. The molecule has 5 nitrogen and oxygen atoms in total. The Balaban J connectivity index is 1.42. The molecule has 0 saturated carbocycles. The fraction of sp³-hybridized carbons (Fsp3) is 0.579. The van der Waals surface area contributed by atoms with Gasteiger partial charge in [0, 0.05) is 26.1 Å². The molecule has 130 valence electrons. The average Bonchev–Trinajstić information content (AvgIpc) is 3.00. The van der Waals surface area contributed by atoms with Crippen molar-refractivity contribution in [3.05, 3.63) is 35.4 Å². The summed E-state index contributed by atoms with van der Waals surface area (Å²) in [6.45, 7) is 4.83. The zero-order valence-corrected chi connectivity index (χ0v) is 14.3. The van der Waals surface area contributed by atoms with Crippen LogP contribution < -0.4 is 5.32 Å². The molecule has 2 aliphatic rings. The summed E-state index contributed by atoms with van der Waals surface area (Å²) in [5.74, 6) is 0.00913. The Labute approximate surface area is 144 Å². The van der Waals surface area contributed by atoms with Gasteiger partial charge in [-0.25, -0.2) is 0 Å². The molecule has 0 aromatic heterocycles. The third-order valence-electron chi connectivity index (χ3n) is 4.87. The molecule has 3 rings (SSSR count). The van der Waals surface area contributed by atoms with Crippen molar-refractivity contribution in [3.63, 3.8) is 0 Å². The maximum atomic E-state index is 11.9. The fourth-order valence-corrected chi connectivity index (χ4v) is 3.44. The van der Waals surface area contributed by atoms with E-state index >= 15 is 0 Å². The van der Waals surface area contributed by atoms with Gasteiger partial charge < -0.3 is 10.2 Å². The summed E-state index contributed by atoms with van der Waals surface area (Å²) in [5, 5.41) is 2.90. The van der Waals surface area contributed by atoms with E-state index in [9.17, 15) is 9.59 Å². The molecule has 0 bridgehead atoms. The Morgan fingerprint density at radius 3 is 2.33 bits per heavy atom. The highest BCUT2D eigenvalue weighted by atomic mass is 16.2. The number of hydrogen-bond acceptors (Lipinski definition) is 3. The number of carbonyl (C=O) groups excluding carboxylic acids is 2. The van der Waals surface area contributed by atoms with Crippen molar-refractivity contribution in [1.82, 2.24) is 15.1 Å². The minimum atomic E-state index is -0.0809. The molecule has 24 heavy (non-hydrogen) atoms. The number of rotatable bonds is 6. The van der Waals surface area contributed by atoms with Crippen molar-refractivity contribution >= 4 is 11.8 Å². The molecular weight excluding hydrogens is 302 g/mol. The number of piperidine rings is 1. The van der Waals surface area contributed by atoms with Gasteiger partial charge in [0.05, 0.1) is 6.54 Å². The molecule has 2 saturated heterocycles. The highest BCUT2D eigenvalue weighted by Crippen LogP contribution is 2.13. The summed E-state index contributed by atoms with van der Waals surface area (Å²) in [6.07, 6.45) is 5.42. The van der Waals surface area contributed by atoms with Gasteiger partial charge in [0.15, 0.2) is 0 Å². The predicted molar refractivity (Wildman–Crippen MR) is 93.2 cm³/mol. The van der Waals surface area contributed by atoms with Crippen LogP contribution in [-0.4, -0.2) is 47.8 Å². The van der Waals surface area contributed by atoms with Gasteiger partial charge >= 0.3 is 0 Å². The number of hydrogen-bond donors (Lipinski definition) is 1. The molecule has 2 fully saturated rings. The molecule has 0 unspecified atom stereocenters. The van der Waals surface area contributed by atoms with E-state index in [4.69, 9.17) is 0 Å². The van der Waals surface area contributed by atoms with E-state index in [1.165, 1.54) is 37.9 Å². The summed E-state index contributed by atoms with van der Waals surface area (Å²) in [7, 11) is 0. The number of nitrogens with zero attached hydrogens (tertiary/aromatic N) is 2. The lowest BCUT2D eigenvalue weighted by molar-refractivity contribution is -0.133. The zero-order chi connectivity index (χ0) is 16.8. The lowest BCUT2D eigenvalue weighted by atomic mass is 10.1. The van der Waals surface area contributed by atoms with Crippen LogP contribution in [0.3, 0.4) is 0 Å². The molecule has 1 N–H and O–H groups in total. The number of benzene rings is 1. The smallest absolute Gasteiger partial charge is 0.239 e. The minimum absolute atomic E-state index is 0.0809. The van der Waals surface area contributed by atoms with Crippen molar-refractivity contribution in [2.75, 3.05) is 26.2 Å². The molecule has 5 heteroatoms. The van der Waals surface area contributed by atoms with E-state index in [0.29, 0.717) is 19.5 Å². The molecule has 2 heterocycles. The van der Waals surface area contributed by atoms with Crippen LogP contribution in [0.2, 0.25) is 0 Å². The minimum Gasteiger partial charge on any atom is -0.350 e. The first kappa shape index (κ1) is 17.0. The van der Waals surface area contributed by atoms with E-state index in [1.807, 2.05) is 0 Å². The maximum absolute atomic E-state index is 11.9. The third-order valence-corrected chi connectivity index (χ3v) is 4.87. The molecule has 1 aromatic carbocycles. The van der Waals surface area contributed by atoms with Crippen LogP contribution in [0.15, 0.2) is 24.3 Å². The van der Waals surface area contributed by atoms with Crippen LogP contribution in [0.5, 0.6) is 0 Å². The van der Waals surface area contributed by atoms with Crippen molar-refractivity contribution in [3.8, 4) is 0 Å². The van der Waals surface area contributed by atoms with Crippen LogP contribution in [-0.2, 0) is 22.7 Å². The van der Waals surface area contributed by atoms with Crippen LogP contribution >= 0.6 is 0 Å². The van der Waals surface area contributed by atoms with E-state index in [2.05, 4.69) is 34.5 Å². The van der Waals surface area contributed by atoms with Gasteiger partial charge in [0.2, 0.25) is 11.8 Å². The van der Waals surface area contributed by atoms with Crippen LogP contribution in [0.1, 0.15) is 43.2 Å². The first-order valence-corrected chi connectivity index (χ1v) is 9.05. The van der Waals surface area contributed by atoms with Crippen molar-refractivity contribution in [2.45, 2.75) is 45.2 Å². The van der Waals surface area contributed by atoms with Gasteiger partial charge in [0.1, 0.15) is 0 Å². The van der Waals surface area contributed by atoms with E-state index in [1.54, 1.807) is 4.90 Å². The van der Waals surface area contributed by atoms with E-state index < -0.39 is 0 Å². The standard InChI is InChI=1S/C19H27N3O2/c23-18(15-22-12-4-5-19(22)24)20-13-16-6-8-17(9-7-16)14-21-10-2-1-3-11-21/h6-9H,1-5,10-15H2,(H,20,23). The second kappa shape index (κ2) is 8.29. The van der Waals surface area contributed by atoms with Gasteiger partial charge in [-0.05, 0) is 43.5 Å². The molecule has 2 aliphatic heterocycles. The Kier molecular flexibility index (Phi) is 5.86. The topological polar surface area (TPSA) is 52.7 Å². The first-order valence-electron chi connectivity index (χ1n) is 9.05. The van der Waals surface area contributed by atoms with Crippen molar-refractivity contribution < 1.29 is 9.59 Å². The molecule has 0 spiro atoms. The molecule has 2 amide bonds. The Morgan fingerprint density at radius 2 is 1.67 bits per heavy atom. The quantitative estimate of drug-likeness (QED) is 0.867. The Bertz CT molecular complexity index is 564. The van der Waals surface area contributed by atoms with Crippen molar-refractivity contribution in [1.29, 1.82) is 0 Å². The normalized spacial score (nSPS) is 18.8. The monoisotopic (exact) mass is 329 g/mol. The number of nitrogens with one attached hydrogen (secondary N) is 1. The fourth-order valence-electron chi connectivity index (χ4n) is 3.44. The van der Waals surface area contributed by atoms with Crippen LogP contribution in [0.25, 0.3) is 0 Å². The molecule has 0 aliphatic carbocycles. The molecule has 0 radical (unpaired) electrons. The van der Waals surface area contributed by atoms with Crippen LogP contribution in [0.4, 0.5) is 0 Å². The van der Waals surface area contributed by atoms with Gasteiger partial charge in [-0.2, -0.15) is 0 Å². The number of amides is 2. The highest BCUT2D eigenvalue weighted by molar-refractivity contribution is 5.85. The maximum Gasteiger partial charge on any atom is 0.239 e. The Hall–Kier alpha value is -1.88. The van der Waals surface area contributed by atoms with E-state index in [0.717, 1.165) is 18.5 Å². The first-order chi connectivity index (χ1) is 11.7. The van der Waals surface area contributed by atoms with Gasteiger partial charge in [-0.3, -0.25) is 14.5 Å². The zero-order valence-electron chi connectivity index (χ0n) is 14.3. The number of likely N-dealkylation sites (tertiary alicyclic amines) is 2. The summed E-state index contributed by atoms with van der Waals surface area (Å²) >= 11 is 0. The molecule has 1 aromatic rings. The second-order valence-corrected chi connectivity index (χ2v) is 6.85. The SMILES string of the molecule is O=C(CN1CCCC1=O)NCc1ccc(CN2CCCCC2)cc1. The molecular formula is C19H27N3O2. The van der Waals surface area contributed by atoms with Gasteiger partial charge in [-0.15, -0.1) is 0 Å². The number of carbonyl (C=O) groups is 2. The van der Waals surface area contributed by atoms with E-state index in [-0.39, 0.29) is 18.4 Å². The summed E-state index contributed by atoms with van der Waals surface area (Å²) < 4.78 is 0. The average molecular weight is 329 g/mol. The second-order valence-electron chi connectivity index (χ2n) is 6.85. The third kappa shape index (κ3) is 4.81. The summed E-state index contributed by atoms with van der Waals surface area (Å²) in [5.41, 5.74) is 2.42. The predicted octanol–water partition coefficient (Wildman–Crippen LogP) is 1.91. The lowest BCUT2D eigenvalue weighted by Crippen LogP contribution is -2.37. The summed E-state index contributed by atoms with van der Waals surface area (Å²) in [4.78, 5) is 27.6. The van der Waals surface area contributed by atoms with Gasteiger partial charge in [-0.1, -0.05) is 30.7 Å². The molecule has 0 atom stereocenters. The lowest BCUT2D eigenvalue weighted by Gasteiger charge is -2.26. The largest absolute Gasteiger partial charge is 0.350 e.